The maximum atomic E-state index is 13.9. The van der Waals surface area contributed by atoms with Crippen LogP contribution >= 0.6 is 0 Å². The Morgan fingerprint density at radius 2 is 2.10 bits per heavy atom. The lowest BCUT2D eigenvalue weighted by atomic mass is 10.1. The Bertz CT molecular complexity index is 689. The second-order valence-corrected chi connectivity index (χ2v) is 4.09. The lowest BCUT2D eigenvalue weighted by Gasteiger charge is -2.05. The standard InChI is InChI=1S/C13H10F3N3O/c1-7-11(18-19(2)12(7)20-13(15)16)9-4-3-8(6-17)5-10(9)14/h3-5,13H,1-2H3. The van der Waals surface area contributed by atoms with Crippen LogP contribution in [0.15, 0.2) is 18.2 Å². The van der Waals surface area contributed by atoms with Crippen molar-refractivity contribution in [1.29, 1.82) is 5.26 Å². The molecule has 0 radical (unpaired) electrons. The zero-order valence-corrected chi connectivity index (χ0v) is 10.7. The lowest BCUT2D eigenvalue weighted by molar-refractivity contribution is -0.0557. The summed E-state index contributed by atoms with van der Waals surface area (Å²) in [5, 5.41) is 12.7. The van der Waals surface area contributed by atoms with Crippen LogP contribution in [0.5, 0.6) is 5.88 Å². The first-order chi connectivity index (χ1) is 9.43. The van der Waals surface area contributed by atoms with Gasteiger partial charge in [0.05, 0.1) is 11.6 Å². The fraction of sp³-hybridized carbons (Fsp3) is 0.231. The number of benzene rings is 1. The van der Waals surface area contributed by atoms with Gasteiger partial charge in [0.15, 0.2) is 0 Å². The average molecular weight is 281 g/mol. The highest BCUT2D eigenvalue weighted by molar-refractivity contribution is 5.66. The molecule has 20 heavy (non-hydrogen) atoms. The number of aryl methyl sites for hydroxylation is 1. The molecule has 0 N–H and O–H groups in total. The van der Waals surface area contributed by atoms with E-state index in [0.717, 1.165) is 10.7 Å². The van der Waals surface area contributed by atoms with Crippen molar-refractivity contribution in [2.75, 3.05) is 0 Å². The molecular weight excluding hydrogens is 271 g/mol. The first-order valence-corrected chi connectivity index (χ1v) is 5.62. The van der Waals surface area contributed by atoms with E-state index in [1.165, 1.54) is 26.1 Å². The minimum Gasteiger partial charge on any atom is -0.417 e. The number of rotatable bonds is 3. The summed E-state index contributed by atoms with van der Waals surface area (Å²) in [6.07, 6.45) is 0. The second kappa shape index (κ2) is 5.25. The third kappa shape index (κ3) is 2.45. The number of hydrogen-bond acceptors (Lipinski definition) is 3. The fourth-order valence-electron chi connectivity index (χ4n) is 1.90. The molecule has 7 heteroatoms. The zero-order chi connectivity index (χ0) is 14.9. The SMILES string of the molecule is Cc1c(-c2ccc(C#N)cc2F)nn(C)c1OC(F)F. The molecule has 0 bridgehead atoms. The van der Waals surface area contributed by atoms with Crippen LogP contribution < -0.4 is 4.74 Å². The minimum atomic E-state index is -2.98. The van der Waals surface area contributed by atoms with Crippen LogP contribution in [0.25, 0.3) is 11.3 Å². The van der Waals surface area contributed by atoms with Crippen molar-refractivity contribution >= 4 is 0 Å². The summed E-state index contributed by atoms with van der Waals surface area (Å²) in [4.78, 5) is 0. The van der Waals surface area contributed by atoms with Crippen LogP contribution in [-0.4, -0.2) is 16.4 Å². The van der Waals surface area contributed by atoms with E-state index in [4.69, 9.17) is 5.26 Å². The molecule has 0 amide bonds. The Hall–Kier alpha value is -2.49. The molecule has 0 unspecified atom stereocenters. The molecule has 0 fully saturated rings. The fourth-order valence-corrected chi connectivity index (χ4v) is 1.90. The van der Waals surface area contributed by atoms with Crippen LogP contribution in [0.3, 0.4) is 0 Å². The van der Waals surface area contributed by atoms with Crippen LogP contribution in [0, 0.1) is 24.1 Å². The summed E-state index contributed by atoms with van der Waals surface area (Å²) in [5.74, 6) is -0.771. The minimum absolute atomic E-state index is 0.126. The summed E-state index contributed by atoms with van der Waals surface area (Å²) in [6.45, 7) is -1.47. The van der Waals surface area contributed by atoms with Crippen LogP contribution in [0.4, 0.5) is 13.2 Å². The molecule has 1 heterocycles. The summed E-state index contributed by atoms with van der Waals surface area (Å²) < 4.78 is 44.0. The summed E-state index contributed by atoms with van der Waals surface area (Å²) >= 11 is 0. The van der Waals surface area contributed by atoms with Gasteiger partial charge in [0, 0.05) is 18.2 Å². The third-order valence-corrected chi connectivity index (χ3v) is 2.77. The van der Waals surface area contributed by atoms with Crippen molar-refractivity contribution < 1.29 is 17.9 Å². The van der Waals surface area contributed by atoms with Crippen LogP contribution in [0.1, 0.15) is 11.1 Å². The predicted molar refractivity (Wildman–Crippen MR) is 64.7 cm³/mol. The van der Waals surface area contributed by atoms with E-state index < -0.39 is 12.4 Å². The smallest absolute Gasteiger partial charge is 0.388 e. The zero-order valence-electron chi connectivity index (χ0n) is 10.7. The van der Waals surface area contributed by atoms with E-state index >= 15 is 0 Å². The molecule has 0 atom stereocenters. The largest absolute Gasteiger partial charge is 0.417 e. The van der Waals surface area contributed by atoms with Gasteiger partial charge < -0.3 is 4.74 Å². The highest BCUT2D eigenvalue weighted by Crippen LogP contribution is 2.31. The van der Waals surface area contributed by atoms with Gasteiger partial charge in [0.25, 0.3) is 0 Å². The molecule has 0 spiro atoms. The first-order valence-electron chi connectivity index (χ1n) is 5.62. The molecule has 1 aromatic carbocycles. The van der Waals surface area contributed by atoms with Gasteiger partial charge >= 0.3 is 6.61 Å². The predicted octanol–water partition coefficient (Wildman–Crippen LogP) is 3.01. The number of nitrogens with zero attached hydrogens (tertiary/aromatic N) is 3. The number of hydrogen-bond donors (Lipinski definition) is 0. The Kier molecular flexibility index (Phi) is 3.66. The summed E-state index contributed by atoms with van der Waals surface area (Å²) in [6, 6.07) is 5.70. The van der Waals surface area contributed by atoms with Crippen molar-refractivity contribution in [3.05, 3.63) is 35.1 Å². The maximum Gasteiger partial charge on any atom is 0.388 e. The maximum absolute atomic E-state index is 13.9. The van der Waals surface area contributed by atoms with E-state index in [9.17, 15) is 13.2 Å². The summed E-state index contributed by atoms with van der Waals surface area (Å²) in [5.41, 5.74) is 0.798. The van der Waals surface area contributed by atoms with Gasteiger partial charge in [-0.1, -0.05) is 0 Å². The Morgan fingerprint density at radius 3 is 2.65 bits per heavy atom. The van der Waals surface area contributed by atoms with Crippen molar-refractivity contribution in [1.82, 2.24) is 9.78 Å². The Labute approximate surface area is 113 Å². The first kappa shape index (κ1) is 13.9. The normalized spacial score (nSPS) is 10.7. The van der Waals surface area contributed by atoms with Crippen molar-refractivity contribution in [3.63, 3.8) is 0 Å². The van der Waals surface area contributed by atoms with E-state index in [2.05, 4.69) is 9.84 Å². The van der Waals surface area contributed by atoms with Gasteiger partial charge in [-0.05, 0) is 25.1 Å². The van der Waals surface area contributed by atoms with E-state index in [-0.39, 0.29) is 22.7 Å². The van der Waals surface area contributed by atoms with Gasteiger partial charge in [-0.25, -0.2) is 9.07 Å². The highest BCUT2D eigenvalue weighted by atomic mass is 19.3. The molecule has 2 aromatic rings. The molecule has 4 nitrogen and oxygen atoms in total. The number of aromatic nitrogens is 2. The van der Waals surface area contributed by atoms with Gasteiger partial charge in [-0.2, -0.15) is 19.1 Å². The Balaban J connectivity index is 2.52. The molecule has 0 aliphatic rings. The van der Waals surface area contributed by atoms with Crippen molar-refractivity contribution in [3.8, 4) is 23.2 Å². The number of alkyl halides is 2. The lowest BCUT2D eigenvalue weighted by Crippen LogP contribution is -2.06. The summed E-state index contributed by atoms with van der Waals surface area (Å²) in [7, 11) is 1.43. The van der Waals surface area contributed by atoms with Gasteiger partial charge in [-0.15, -0.1) is 0 Å². The van der Waals surface area contributed by atoms with E-state index in [1.54, 1.807) is 0 Å². The number of halogens is 3. The van der Waals surface area contributed by atoms with Crippen LogP contribution in [0.2, 0.25) is 0 Å². The quantitative estimate of drug-likeness (QED) is 0.869. The average Bonchev–Trinajstić information content (AvgIpc) is 2.66. The van der Waals surface area contributed by atoms with Gasteiger partial charge in [0.2, 0.25) is 5.88 Å². The molecular formula is C13H10F3N3O. The molecule has 2 rings (SSSR count). The van der Waals surface area contributed by atoms with Crippen molar-refractivity contribution in [2.45, 2.75) is 13.5 Å². The molecule has 0 saturated heterocycles. The highest BCUT2D eigenvalue weighted by Gasteiger charge is 2.20. The number of ether oxygens (including phenoxy) is 1. The molecule has 0 aliphatic heterocycles. The van der Waals surface area contributed by atoms with Crippen molar-refractivity contribution in [2.24, 2.45) is 7.05 Å². The third-order valence-electron chi connectivity index (χ3n) is 2.77. The van der Waals surface area contributed by atoms with E-state index in [0.29, 0.717) is 5.56 Å². The molecule has 0 saturated carbocycles. The molecule has 0 aliphatic carbocycles. The monoisotopic (exact) mass is 281 g/mol. The Morgan fingerprint density at radius 1 is 1.40 bits per heavy atom. The van der Waals surface area contributed by atoms with Crippen LogP contribution in [-0.2, 0) is 7.05 Å². The second-order valence-electron chi connectivity index (χ2n) is 4.09. The molecule has 104 valence electrons. The number of nitriles is 1. The molecule has 1 aromatic heterocycles. The topological polar surface area (TPSA) is 50.8 Å². The van der Waals surface area contributed by atoms with Gasteiger partial charge in [-0.3, -0.25) is 0 Å². The van der Waals surface area contributed by atoms with Gasteiger partial charge in [0.1, 0.15) is 11.5 Å². The van der Waals surface area contributed by atoms with E-state index in [1.807, 2.05) is 6.07 Å².